The lowest BCUT2D eigenvalue weighted by Crippen LogP contribution is -2.50. The fraction of sp³-hybridized carbons (Fsp3) is 0.296. The highest BCUT2D eigenvalue weighted by Gasteiger charge is 2.24. The summed E-state index contributed by atoms with van der Waals surface area (Å²) in [6.07, 6.45) is 0. The third-order valence-corrected chi connectivity index (χ3v) is 8.09. The zero-order valence-corrected chi connectivity index (χ0v) is 21.4. The highest BCUT2D eigenvalue weighted by Crippen LogP contribution is 2.26. The van der Waals surface area contributed by atoms with Crippen LogP contribution in [0.25, 0.3) is 0 Å². The smallest absolute Gasteiger partial charge is 0.264 e. The van der Waals surface area contributed by atoms with Crippen molar-refractivity contribution < 1.29 is 22.7 Å². The van der Waals surface area contributed by atoms with E-state index in [1.807, 2.05) is 24.3 Å². The number of sulfonamides is 1. The van der Waals surface area contributed by atoms with Gasteiger partial charge in [-0.05, 0) is 67.6 Å². The number of anilines is 2. The first-order chi connectivity index (χ1) is 17.4. The standard InChI is InChI=1S/C27H31N3O5S/c1-3-30(36(32,33)26-7-5-4-6-8-26)23-11-15-25(16-12-23)35-21-27(31)29-19-17-28(18-20-29)22-9-13-24(34-2)14-10-22/h4-16H,3,17-21H2,1-2H3. The third kappa shape index (κ3) is 5.73. The molecule has 0 unspecified atom stereocenters. The Labute approximate surface area is 212 Å². The molecule has 1 heterocycles. The highest BCUT2D eigenvalue weighted by atomic mass is 32.2. The van der Waals surface area contributed by atoms with Crippen LogP contribution in [-0.2, 0) is 14.8 Å². The van der Waals surface area contributed by atoms with Gasteiger partial charge in [-0.1, -0.05) is 18.2 Å². The molecule has 4 rings (SSSR count). The van der Waals surface area contributed by atoms with Gasteiger partial charge in [-0.2, -0.15) is 0 Å². The van der Waals surface area contributed by atoms with E-state index in [0.29, 0.717) is 31.1 Å². The summed E-state index contributed by atoms with van der Waals surface area (Å²) < 4.78 is 38.3. The quantitative estimate of drug-likeness (QED) is 0.438. The van der Waals surface area contributed by atoms with E-state index in [0.717, 1.165) is 24.5 Å². The Morgan fingerprint density at radius 2 is 1.47 bits per heavy atom. The largest absolute Gasteiger partial charge is 0.497 e. The van der Waals surface area contributed by atoms with E-state index in [-0.39, 0.29) is 17.4 Å². The molecule has 0 saturated carbocycles. The van der Waals surface area contributed by atoms with Crippen molar-refractivity contribution in [2.75, 3.05) is 55.6 Å². The second-order valence-corrected chi connectivity index (χ2v) is 10.2. The number of hydrogen-bond acceptors (Lipinski definition) is 6. The molecule has 3 aromatic rings. The Bertz CT molecular complexity index is 1240. The van der Waals surface area contributed by atoms with Gasteiger partial charge in [0.05, 0.1) is 17.7 Å². The normalized spacial score (nSPS) is 13.8. The van der Waals surface area contributed by atoms with Crippen molar-refractivity contribution >= 4 is 27.3 Å². The molecular formula is C27H31N3O5S. The minimum atomic E-state index is -3.66. The van der Waals surface area contributed by atoms with Gasteiger partial charge in [0, 0.05) is 38.4 Å². The molecule has 1 amide bonds. The second kappa shape index (κ2) is 11.3. The van der Waals surface area contributed by atoms with Crippen molar-refractivity contribution in [3.63, 3.8) is 0 Å². The number of methoxy groups -OCH3 is 1. The summed E-state index contributed by atoms with van der Waals surface area (Å²) in [4.78, 5) is 17.0. The number of rotatable bonds is 9. The molecule has 9 heteroatoms. The fourth-order valence-corrected chi connectivity index (χ4v) is 5.66. The fourth-order valence-electron chi connectivity index (χ4n) is 4.16. The van der Waals surface area contributed by atoms with Crippen LogP contribution in [0, 0.1) is 0 Å². The Balaban J connectivity index is 1.30. The summed E-state index contributed by atoms with van der Waals surface area (Å²) in [5, 5.41) is 0. The zero-order chi connectivity index (χ0) is 25.5. The van der Waals surface area contributed by atoms with Crippen LogP contribution in [0.2, 0.25) is 0 Å². The van der Waals surface area contributed by atoms with E-state index >= 15 is 0 Å². The first kappa shape index (κ1) is 25.4. The molecule has 1 aliphatic rings. The van der Waals surface area contributed by atoms with Crippen LogP contribution < -0.4 is 18.7 Å². The molecular weight excluding hydrogens is 478 g/mol. The van der Waals surface area contributed by atoms with E-state index in [9.17, 15) is 13.2 Å². The SMILES string of the molecule is CCN(c1ccc(OCC(=O)N2CCN(c3ccc(OC)cc3)CC2)cc1)S(=O)(=O)c1ccccc1. The molecule has 8 nitrogen and oxygen atoms in total. The van der Waals surface area contributed by atoms with Crippen LogP contribution in [0.15, 0.2) is 83.8 Å². The van der Waals surface area contributed by atoms with E-state index in [4.69, 9.17) is 9.47 Å². The average molecular weight is 510 g/mol. The number of ether oxygens (including phenoxy) is 2. The molecule has 36 heavy (non-hydrogen) atoms. The second-order valence-electron chi connectivity index (χ2n) is 8.33. The molecule has 0 aromatic heterocycles. The third-order valence-electron chi connectivity index (χ3n) is 6.18. The molecule has 1 aliphatic heterocycles. The molecule has 190 valence electrons. The van der Waals surface area contributed by atoms with Crippen LogP contribution in [0.4, 0.5) is 11.4 Å². The summed E-state index contributed by atoms with van der Waals surface area (Å²) in [6.45, 7) is 4.75. The molecule has 0 atom stereocenters. The lowest BCUT2D eigenvalue weighted by Gasteiger charge is -2.36. The van der Waals surface area contributed by atoms with E-state index < -0.39 is 10.0 Å². The predicted octanol–water partition coefficient (Wildman–Crippen LogP) is 3.64. The monoisotopic (exact) mass is 509 g/mol. The number of benzene rings is 3. The number of carbonyl (C=O) groups excluding carboxylic acids is 1. The molecule has 0 N–H and O–H groups in total. The van der Waals surface area contributed by atoms with Crippen molar-refractivity contribution in [2.24, 2.45) is 0 Å². The van der Waals surface area contributed by atoms with Crippen molar-refractivity contribution in [3.8, 4) is 11.5 Å². The summed E-state index contributed by atoms with van der Waals surface area (Å²) in [7, 11) is -2.02. The average Bonchev–Trinajstić information content (AvgIpc) is 2.93. The molecule has 1 fully saturated rings. The van der Waals surface area contributed by atoms with Gasteiger partial charge in [0.25, 0.3) is 15.9 Å². The Hall–Kier alpha value is -3.72. The number of piperazine rings is 1. The lowest BCUT2D eigenvalue weighted by molar-refractivity contribution is -0.133. The van der Waals surface area contributed by atoms with Crippen LogP contribution >= 0.6 is 0 Å². The van der Waals surface area contributed by atoms with Crippen molar-refractivity contribution in [1.29, 1.82) is 0 Å². The first-order valence-electron chi connectivity index (χ1n) is 11.9. The topological polar surface area (TPSA) is 79.4 Å². The van der Waals surface area contributed by atoms with Gasteiger partial charge < -0.3 is 19.3 Å². The molecule has 3 aromatic carbocycles. The molecule has 0 aliphatic carbocycles. The minimum Gasteiger partial charge on any atom is -0.497 e. The first-order valence-corrected chi connectivity index (χ1v) is 13.3. The van der Waals surface area contributed by atoms with E-state index in [1.54, 1.807) is 73.5 Å². The maximum atomic E-state index is 13.0. The number of carbonyl (C=O) groups is 1. The highest BCUT2D eigenvalue weighted by molar-refractivity contribution is 7.92. The maximum absolute atomic E-state index is 13.0. The Morgan fingerprint density at radius 1 is 0.861 bits per heavy atom. The summed E-state index contributed by atoms with van der Waals surface area (Å²) >= 11 is 0. The van der Waals surface area contributed by atoms with Crippen molar-refractivity contribution in [3.05, 3.63) is 78.9 Å². The van der Waals surface area contributed by atoms with E-state index in [1.165, 1.54) is 4.31 Å². The van der Waals surface area contributed by atoms with E-state index in [2.05, 4.69) is 4.90 Å². The van der Waals surface area contributed by atoms with Gasteiger partial charge in [0.15, 0.2) is 6.61 Å². The molecule has 1 saturated heterocycles. The van der Waals surface area contributed by atoms with Crippen LogP contribution in [0.1, 0.15) is 6.92 Å². The number of amides is 1. The lowest BCUT2D eigenvalue weighted by atomic mass is 10.2. The van der Waals surface area contributed by atoms with Crippen molar-refractivity contribution in [1.82, 2.24) is 4.90 Å². The molecule has 0 radical (unpaired) electrons. The number of hydrogen-bond donors (Lipinski definition) is 0. The predicted molar refractivity (Wildman–Crippen MR) is 140 cm³/mol. The van der Waals surface area contributed by atoms with Crippen LogP contribution in [0.5, 0.6) is 11.5 Å². The van der Waals surface area contributed by atoms with Crippen LogP contribution in [0.3, 0.4) is 0 Å². The van der Waals surface area contributed by atoms with Gasteiger partial charge >= 0.3 is 0 Å². The van der Waals surface area contributed by atoms with Gasteiger partial charge in [-0.3, -0.25) is 9.10 Å². The number of nitrogens with zero attached hydrogens (tertiary/aromatic N) is 3. The van der Waals surface area contributed by atoms with Gasteiger partial charge in [0.2, 0.25) is 0 Å². The Kier molecular flexibility index (Phi) is 8.00. The van der Waals surface area contributed by atoms with Crippen molar-refractivity contribution in [2.45, 2.75) is 11.8 Å². The molecule has 0 bridgehead atoms. The summed E-state index contributed by atoms with van der Waals surface area (Å²) in [6, 6.07) is 23.0. The minimum absolute atomic E-state index is 0.0678. The zero-order valence-electron chi connectivity index (χ0n) is 20.5. The summed E-state index contributed by atoms with van der Waals surface area (Å²) in [5.74, 6) is 1.25. The van der Waals surface area contributed by atoms with Gasteiger partial charge in [0.1, 0.15) is 11.5 Å². The maximum Gasteiger partial charge on any atom is 0.264 e. The van der Waals surface area contributed by atoms with Gasteiger partial charge in [-0.15, -0.1) is 0 Å². The van der Waals surface area contributed by atoms with Gasteiger partial charge in [-0.25, -0.2) is 8.42 Å². The molecule has 0 spiro atoms. The summed E-state index contributed by atoms with van der Waals surface area (Å²) in [5.41, 5.74) is 1.64. The Morgan fingerprint density at radius 3 is 2.06 bits per heavy atom. The van der Waals surface area contributed by atoms with Crippen LogP contribution in [-0.4, -0.2) is 65.7 Å².